The molecule has 2 aliphatic heterocycles. The summed E-state index contributed by atoms with van der Waals surface area (Å²) < 4.78 is 10.7. The number of hydrogen-bond donors (Lipinski definition) is 1. The lowest BCUT2D eigenvalue weighted by molar-refractivity contribution is -0.116. The van der Waals surface area contributed by atoms with Gasteiger partial charge in [0.2, 0.25) is 0 Å². The van der Waals surface area contributed by atoms with Gasteiger partial charge in [0.15, 0.2) is 5.78 Å². The van der Waals surface area contributed by atoms with Crippen molar-refractivity contribution in [3.63, 3.8) is 0 Å². The number of aliphatic hydroxyl groups excluding tert-OH is 1. The summed E-state index contributed by atoms with van der Waals surface area (Å²) in [6, 6.07) is 0. The van der Waals surface area contributed by atoms with Crippen molar-refractivity contribution in [3.05, 3.63) is 35.5 Å². The number of aliphatic hydroxyl groups is 1. The number of allylic oxidation sites excluding steroid dienone is 3. The highest BCUT2D eigenvalue weighted by molar-refractivity contribution is 5.97. The lowest BCUT2D eigenvalue weighted by Crippen LogP contribution is -2.38. The highest BCUT2D eigenvalue weighted by atomic mass is 16.5. The third-order valence-electron chi connectivity index (χ3n) is 3.27. The zero-order valence-corrected chi connectivity index (χ0v) is 11.8. The highest BCUT2D eigenvalue weighted by Crippen LogP contribution is 2.19. The lowest BCUT2D eigenvalue weighted by Gasteiger charge is -2.28. The molecule has 0 saturated carbocycles. The minimum absolute atomic E-state index is 0.0540. The van der Waals surface area contributed by atoms with Crippen LogP contribution in [0.3, 0.4) is 0 Å². The van der Waals surface area contributed by atoms with Gasteiger partial charge < -0.3 is 14.6 Å². The summed E-state index contributed by atoms with van der Waals surface area (Å²) in [5, 5.41) is 9.57. The molecule has 0 aromatic carbocycles. The first-order valence-electron chi connectivity index (χ1n) is 6.97. The molecule has 110 valence electrons. The molecule has 2 aliphatic rings. The van der Waals surface area contributed by atoms with Gasteiger partial charge in [-0.2, -0.15) is 0 Å². The van der Waals surface area contributed by atoms with Gasteiger partial charge >= 0.3 is 0 Å². The van der Waals surface area contributed by atoms with Gasteiger partial charge in [0.25, 0.3) is 0 Å². The number of ketones is 1. The molecule has 0 aromatic heterocycles. The van der Waals surface area contributed by atoms with Crippen LogP contribution in [0.4, 0.5) is 0 Å². The topological polar surface area (TPSA) is 59.0 Å². The predicted octanol–water partition coefficient (Wildman–Crippen LogP) is 1.93. The van der Waals surface area contributed by atoms with Gasteiger partial charge in [0.05, 0.1) is 25.9 Å². The van der Waals surface area contributed by atoms with E-state index in [1.165, 1.54) is 12.3 Å². The second-order valence-corrected chi connectivity index (χ2v) is 4.90. The first-order chi connectivity index (χ1) is 9.69. The molecular formula is C15H21NO4. The summed E-state index contributed by atoms with van der Waals surface area (Å²) >= 11 is 0. The summed E-state index contributed by atoms with van der Waals surface area (Å²) in [7, 11) is 0. The molecule has 2 heterocycles. The highest BCUT2D eigenvalue weighted by Gasteiger charge is 2.22. The van der Waals surface area contributed by atoms with Gasteiger partial charge in [-0.1, -0.05) is 6.92 Å². The molecule has 0 aromatic rings. The summed E-state index contributed by atoms with van der Waals surface area (Å²) in [4.78, 5) is 14.2. The van der Waals surface area contributed by atoms with E-state index in [1.807, 2.05) is 6.92 Å². The van der Waals surface area contributed by atoms with Gasteiger partial charge in [-0.3, -0.25) is 9.69 Å². The second-order valence-electron chi connectivity index (χ2n) is 4.90. The predicted molar refractivity (Wildman–Crippen MR) is 75.1 cm³/mol. The minimum atomic E-state index is 0.0540. The monoisotopic (exact) mass is 279 g/mol. The van der Waals surface area contributed by atoms with Crippen LogP contribution in [-0.2, 0) is 14.3 Å². The van der Waals surface area contributed by atoms with Gasteiger partial charge in [-0.25, -0.2) is 0 Å². The van der Waals surface area contributed by atoms with Gasteiger partial charge in [0.1, 0.15) is 11.5 Å². The van der Waals surface area contributed by atoms with E-state index in [4.69, 9.17) is 9.47 Å². The third-order valence-corrected chi connectivity index (χ3v) is 3.27. The average Bonchev–Trinajstić information content (AvgIpc) is 2.43. The van der Waals surface area contributed by atoms with E-state index in [1.54, 1.807) is 6.08 Å². The van der Waals surface area contributed by atoms with Crippen molar-refractivity contribution in [1.82, 2.24) is 4.90 Å². The molecule has 0 radical (unpaired) electrons. The lowest BCUT2D eigenvalue weighted by atomic mass is 10.1. The molecule has 5 nitrogen and oxygen atoms in total. The molecule has 2 rings (SSSR count). The van der Waals surface area contributed by atoms with Crippen LogP contribution >= 0.6 is 0 Å². The average molecular weight is 279 g/mol. The normalized spacial score (nSPS) is 23.6. The Labute approximate surface area is 119 Å². The van der Waals surface area contributed by atoms with Crippen LogP contribution in [0.2, 0.25) is 0 Å². The zero-order valence-electron chi connectivity index (χ0n) is 11.8. The fourth-order valence-electron chi connectivity index (χ4n) is 2.17. The summed E-state index contributed by atoms with van der Waals surface area (Å²) in [6.45, 7) is 5.64. The maximum atomic E-state index is 12.1. The summed E-state index contributed by atoms with van der Waals surface area (Å²) in [5.74, 6) is 0.682. The SMILES string of the molecule is CC/C=C(O)\C=C1/CC(=O)C(CN2CCOCC2)=CO1. The summed E-state index contributed by atoms with van der Waals surface area (Å²) in [5.41, 5.74) is 0.683. The molecule has 0 amide bonds. The largest absolute Gasteiger partial charge is 0.508 e. The number of nitrogens with zero attached hydrogens (tertiary/aromatic N) is 1. The van der Waals surface area contributed by atoms with Crippen molar-refractivity contribution in [2.75, 3.05) is 32.8 Å². The number of morpholine rings is 1. The number of carbonyl (C=O) groups excluding carboxylic acids is 1. The molecule has 0 bridgehead atoms. The molecule has 20 heavy (non-hydrogen) atoms. The fraction of sp³-hybridized carbons (Fsp3) is 0.533. The maximum Gasteiger partial charge on any atom is 0.170 e. The van der Waals surface area contributed by atoms with Gasteiger partial charge in [-0.15, -0.1) is 0 Å². The van der Waals surface area contributed by atoms with E-state index in [0.29, 0.717) is 31.1 Å². The number of hydrogen-bond acceptors (Lipinski definition) is 5. The van der Waals surface area contributed by atoms with Crippen molar-refractivity contribution < 1.29 is 19.4 Å². The molecule has 5 heteroatoms. The van der Waals surface area contributed by atoms with Gasteiger partial charge in [0, 0.05) is 31.3 Å². The smallest absolute Gasteiger partial charge is 0.170 e. The summed E-state index contributed by atoms with van der Waals surface area (Å²) in [6.07, 6.45) is 5.63. The number of carbonyl (C=O) groups is 1. The quantitative estimate of drug-likeness (QED) is 0.797. The van der Waals surface area contributed by atoms with Crippen LogP contribution in [0.15, 0.2) is 35.5 Å². The van der Waals surface area contributed by atoms with E-state index in [2.05, 4.69) is 4.90 Å². The van der Waals surface area contributed by atoms with Gasteiger partial charge in [-0.05, 0) is 12.5 Å². The van der Waals surface area contributed by atoms with Crippen LogP contribution in [0, 0.1) is 0 Å². The fourth-order valence-corrected chi connectivity index (χ4v) is 2.17. The van der Waals surface area contributed by atoms with E-state index in [-0.39, 0.29) is 18.0 Å². The Balaban J connectivity index is 1.95. The van der Waals surface area contributed by atoms with Crippen molar-refractivity contribution in [1.29, 1.82) is 0 Å². The Kier molecular flexibility index (Phi) is 5.38. The zero-order chi connectivity index (χ0) is 14.4. The molecular weight excluding hydrogens is 258 g/mol. The maximum absolute atomic E-state index is 12.1. The van der Waals surface area contributed by atoms with E-state index >= 15 is 0 Å². The Morgan fingerprint density at radius 1 is 1.45 bits per heavy atom. The minimum Gasteiger partial charge on any atom is -0.508 e. The Morgan fingerprint density at radius 2 is 2.20 bits per heavy atom. The van der Waals surface area contributed by atoms with Crippen molar-refractivity contribution in [3.8, 4) is 0 Å². The molecule has 0 unspecified atom stereocenters. The molecule has 0 atom stereocenters. The van der Waals surface area contributed by atoms with E-state index in [0.717, 1.165) is 19.5 Å². The van der Waals surface area contributed by atoms with Crippen LogP contribution in [0.5, 0.6) is 0 Å². The van der Waals surface area contributed by atoms with Crippen LogP contribution in [0.25, 0.3) is 0 Å². The Hall–Kier alpha value is -1.59. The number of Topliss-reactive ketones (excluding diaryl/α,β-unsaturated/α-hetero) is 1. The number of ether oxygens (including phenoxy) is 2. The second kappa shape index (κ2) is 7.26. The van der Waals surface area contributed by atoms with E-state index in [9.17, 15) is 9.90 Å². The first-order valence-corrected chi connectivity index (χ1v) is 6.97. The standard InChI is InChI=1S/C15H21NO4/c1-2-3-13(17)8-14-9-15(18)12(11-20-14)10-16-4-6-19-7-5-16/h3,8,11,17H,2,4-7,9-10H2,1H3/b13-3+,14-8+. The van der Waals surface area contributed by atoms with Crippen molar-refractivity contribution in [2.45, 2.75) is 19.8 Å². The van der Waals surface area contributed by atoms with Crippen LogP contribution in [-0.4, -0.2) is 48.6 Å². The first kappa shape index (κ1) is 14.8. The third kappa shape index (κ3) is 4.21. The van der Waals surface area contributed by atoms with E-state index < -0.39 is 0 Å². The Morgan fingerprint density at radius 3 is 2.85 bits per heavy atom. The molecule has 1 N–H and O–H groups in total. The number of rotatable bonds is 4. The Bertz CT molecular complexity index is 445. The van der Waals surface area contributed by atoms with Crippen LogP contribution < -0.4 is 0 Å². The van der Waals surface area contributed by atoms with Crippen LogP contribution in [0.1, 0.15) is 19.8 Å². The molecule has 1 saturated heterocycles. The van der Waals surface area contributed by atoms with Crippen molar-refractivity contribution >= 4 is 5.78 Å². The molecule has 1 fully saturated rings. The molecule has 0 spiro atoms. The van der Waals surface area contributed by atoms with Crippen molar-refractivity contribution in [2.24, 2.45) is 0 Å². The molecule has 0 aliphatic carbocycles.